The van der Waals surface area contributed by atoms with Gasteiger partial charge in [0, 0.05) is 34.1 Å². The molecule has 148 valence electrons. The fourth-order valence-corrected chi connectivity index (χ4v) is 3.57. The third-order valence-corrected chi connectivity index (χ3v) is 5.51. The lowest BCUT2D eigenvalue weighted by Crippen LogP contribution is -2.14. The van der Waals surface area contributed by atoms with Crippen LogP contribution in [0.3, 0.4) is 0 Å². The maximum absolute atomic E-state index is 12.4. The van der Waals surface area contributed by atoms with Crippen molar-refractivity contribution >= 4 is 44.6 Å². The van der Waals surface area contributed by atoms with Crippen LogP contribution in [0.25, 0.3) is 0 Å². The van der Waals surface area contributed by atoms with E-state index < -0.39 is 20.9 Å². The number of non-ortho nitro benzene ring substituents is 1. The molecule has 0 heterocycles. The Bertz CT molecular complexity index is 1150. The van der Waals surface area contributed by atoms with E-state index >= 15 is 0 Å². The molecule has 0 aliphatic carbocycles. The van der Waals surface area contributed by atoms with Gasteiger partial charge in [0.15, 0.2) is 0 Å². The summed E-state index contributed by atoms with van der Waals surface area (Å²) in [4.78, 5) is 22.3. The molecule has 0 unspecified atom stereocenters. The molecule has 0 radical (unpaired) electrons. The second-order valence-electron chi connectivity index (χ2n) is 5.89. The topological polar surface area (TPSA) is 118 Å². The summed E-state index contributed by atoms with van der Waals surface area (Å²) in [5.41, 5.74) is 0.852. The molecule has 0 saturated heterocycles. The van der Waals surface area contributed by atoms with Gasteiger partial charge in [0.05, 0.1) is 9.82 Å². The molecule has 0 fully saturated rings. The molecule has 0 atom stereocenters. The van der Waals surface area contributed by atoms with Crippen molar-refractivity contribution in [3.05, 3.63) is 93.5 Å². The fourth-order valence-electron chi connectivity index (χ4n) is 2.39. The van der Waals surface area contributed by atoms with Crippen LogP contribution < -0.4 is 10.0 Å². The van der Waals surface area contributed by atoms with E-state index in [1.54, 1.807) is 24.3 Å². The summed E-state index contributed by atoms with van der Waals surface area (Å²) in [7, 11) is -3.81. The third kappa shape index (κ3) is 5.09. The van der Waals surface area contributed by atoms with Crippen molar-refractivity contribution in [3.63, 3.8) is 0 Å². The van der Waals surface area contributed by atoms with Gasteiger partial charge < -0.3 is 5.32 Å². The van der Waals surface area contributed by atoms with Crippen LogP contribution in [-0.4, -0.2) is 19.2 Å². The average molecular weight is 432 g/mol. The van der Waals surface area contributed by atoms with E-state index in [2.05, 4.69) is 10.0 Å². The minimum Gasteiger partial charge on any atom is -0.322 e. The summed E-state index contributed by atoms with van der Waals surface area (Å²) in [6.45, 7) is 0. The number of nitrogens with zero attached hydrogens (tertiary/aromatic N) is 1. The second-order valence-corrected chi connectivity index (χ2v) is 8.01. The molecule has 0 aromatic heterocycles. The molecule has 0 aliphatic heterocycles. The van der Waals surface area contributed by atoms with Crippen molar-refractivity contribution in [2.45, 2.75) is 4.90 Å². The lowest BCUT2D eigenvalue weighted by molar-refractivity contribution is -0.384. The highest BCUT2D eigenvalue weighted by molar-refractivity contribution is 7.92. The molecular weight excluding hydrogens is 418 g/mol. The maximum Gasteiger partial charge on any atom is 0.269 e. The Balaban J connectivity index is 1.69. The summed E-state index contributed by atoms with van der Waals surface area (Å²) < 4.78 is 27.3. The van der Waals surface area contributed by atoms with E-state index in [0.717, 1.165) is 0 Å². The number of carbonyl (C=O) groups excluding carboxylic acids is 1. The lowest BCUT2D eigenvalue weighted by Gasteiger charge is -2.10. The smallest absolute Gasteiger partial charge is 0.269 e. The largest absolute Gasteiger partial charge is 0.322 e. The predicted molar refractivity (Wildman–Crippen MR) is 110 cm³/mol. The first-order valence-electron chi connectivity index (χ1n) is 8.19. The Hall–Kier alpha value is -3.43. The number of nitrogens with one attached hydrogen (secondary N) is 2. The zero-order valence-corrected chi connectivity index (χ0v) is 16.3. The standard InChI is InChI=1S/C19H14ClN3O5S/c20-14-3-5-16(6-4-14)22-29(27,28)18-11-7-15(8-12-18)21-19(24)13-1-9-17(10-2-13)23(25)26/h1-12,22H,(H,21,24). The average Bonchev–Trinajstić information content (AvgIpc) is 2.70. The zero-order valence-electron chi connectivity index (χ0n) is 14.7. The Morgan fingerprint density at radius 3 is 1.97 bits per heavy atom. The highest BCUT2D eigenvalue weighted by atomic mass is 35.5. The molecule has 0 aliphatic rings. The van der Waals surface area contributed by atoms with Gasteiger partial charge in [-0.05, 0) is 60.7 Å². The van der Waals surface area contributed by atoms with Crippen molar-refractivity contribution < 1.29 is 18.1 Å². The number of hydrogen-bond acceptors (Lipinski definition) is 5. The van der Waals surface area contributed by atoms with Crippen LogP contribution in [0.2, 0.25) is 5.02 Å². The predicted octanol–water partition coefficient (Wildman–Crippen LogP) is 4.30. The Labute approximate surface area is 171 Å². The normalized spacial score (nSPS) is 10.9. The molecule has 3 rings (SSSR count). The molecule has 1 amide bonds. The Morgan fingerprint density at radius 2 is 1.41 bits per heavy atom. The molecule has 2 N–H and O–H groups in total. The molecule has 29 heavy (non-hydrogen) atoms. The van der Waals surface area contributed by atoms with E-state index in [4.69, 9.17) is 11.6 Å². The molecule has 8 nitrogen and oxygen atoms in total. The van der Waals surface area contributed by atoms with Crippen LogP contribution in [0.1, 0.15) is 10.4 Å². The number of hydrogen-bond donors (Lipinski definition) is 2. The Kier molecular flexibility index (Phi) is 5.81. The molecule has 3 aromatic rings. The molecular formula is C19H14ClN3O5S. The first-order valence-corrected chi connectivity index (χ1v) is 10.0. The van der Waals surface area contributed by atoms with Gasteiger partial charge in [-0.3, -0.25) is 19.6 Å². The SMILES string of the molecule is O=C(Nc1ccc(S(=O)(=O)Nc2ccc(Cl)cc2)cc1)c1ccc([N+](=O)[O-])cc1. The fraction of sp³-hybridized carbons (Fsp3) is 0. The Morgan fingerprint density at radius 1 is 0.862 bits per heavy atom. The minimum absolute atomic E-state index is 0.0146. The summed E-state index contributed by atoms with van der Waals surface area (Å²) in [6, 6.07) is 16.9. The van der Waals surface area contributed by atoms with Gasteiger partial charge in [0.2, 0.25) is 0 Å². The number of nitro groups is 1. The first kappa shape index (κ1) is 20.3. The minimum atomic E-state index is -3.81. The monoisotopic (exact) mass is 431 g/mol. The van der Waals surface area contributed by atoms with Crippen molar-refractivity contribution in [1.82, 2.24) is 0 Å². The van der Waals surface area contributed by atoms with E-state index in [9.17, 15) is 23.3 Å². The van der Waals surface area contributed by atoms with E-state index in [-0.39, 0.29) is 16.1 Å². The van der Waals surface area contributed by atoms with Gasteiger partial charge >= 0.3 is 0 Å². The van der Waals surface area contributed by atoms with Crippen LogP contribution in [-0.2, 0) is 10.0 Å². The van der Waals surface area contributed by atoms with Gasteiger partial charge in [-0.15, -0.1) is 0 Å². The van der Waals surface area contributed by atoms with E-state index in [0.29, 0.717) is 16.4 Å². The number of nitro benzene ring substituents is 1. The molecule has 0 bridgehead atoms. The highest BCUT2D eigenvalue weighted by Crippen LogP contribution is 2.20. The van der Waals surface area contributed by atoms with Crippen LogP contribution >= 0.6 is 11.6 Å². The number of sulfonamides is 1. The summed E-state index contributed by atoms with van der Waals surface area (Å²) in [6.07, 6.45) is 0. The van der Waals surface area contributed by atoms with E-state index in [1.807, 2.05) is 0 Å². The molecule has 10 heteroatoms. The number of rotatable bonds is 6. The number of carbonyl (C=O) groups is 1. The summed E-state index contributed by atoms with van der Waals surface area (Å²) in [5, 5.41) is 13.8. The number of benzene rings is 3. The van der Waals surface area contributed by atoms with Gasteiger partial charge in [0.1, 0.15) is 0 Å². The third-order valence-electron chi connectivity index (χ3n) is 3.86. The van der Waals surface area contributed by atoms with Crippen molar-refractivity contribution in [3.8, 4) is 0 Å². The van der Waals surface area contributed by atoms with E-state index in [1.165, 1.54) is 48.5 Å². The van der Waals surface area contributed by atoms with Crippen molar-refractivity contribution in [2.75, 3.05) is 10.0 Å². The lowest BCUT2D eigenvalue weighted by atomic mass is 10.2. The molecule has 0 spiro atoms. The molecule has 3 aromatic carbocycles. The number of halogens is 1. The van der Waals surface area contributed by atoms with Crippen LogP contribution in [0.4, 0.5) is 17.1 Å². The van der Waals surface area contributed by atoms with Crippen LogP contribution in [0.15, 0.2) is 77.7 Å². The zero-order chi connectivity index (χ0) is 21.0. The van der Waals surface area contributed by atoms with Crippen molar-refractivity contribution in [1.29, 1.82) is 0 Å². The number of amides is 1. The van der Waals surface area contributed by atoms with Gasteiger partial charge in [-0.2, -0.15) is 0 Å². The van der Waals surface area contributed by atoms with Crippen LogP contribution in [0, 0.1) is 10.1 Å². The molecule has 0 saturated carbocycles. The van der Waals surface area contributed by atoms with Gasteiger partial charge in [-0.1, -0.05) is 11.6 Å². The van der Waals surface area contributed by atoms with Crippen LogP contribution in [0.5, 0.6) is 0 Å². The van der Waals surface area contributed by atoms with Gasteiger partial charge in [-0.25, -0.2) is 8.42 Å². The highest BCUT2D eigenvalue weighted by Gasteiger charge is 2.15. The quantitative estimate of drug-likeness (QED) is 0.445. The second kappa shape index (κ2) is 8.29. The summed E-state index contributed by atoms with van der Waals surface area (Å²) in [5.74, 6) is -0.477. The van der Waals surface area contributed by atoms with Gasteiger partial charge in [0.25, 0.3) is 21.6 Å². The summed E-state index contributed by atoms with van der Waals surface area (Å²) >= 11 is 5.78. The first-order chi connectivity index (χ1) is 13.7. The maximum atomic E-state index is 12.4. The van der Waals surface area contributed by atoms with Crippen molar-refractivity contribution in [2.24, 2.45) is 0 Å². The number of anilines is 2.